The van der Waals surface area contributed by atoms with Gasteiger partial charge in [0.05, 0.1) is 11.9 Å². The quantitative estimate of drug-likeness (QED) is 0.766. The van der Waals surface area contributed by atoms with Gasteiger partial charge in [-0.05, 0) is 39.8 Å². The molecule has 6 heteroatoms. The summed E-state index contributed by atoms with van der Waals surface area (Å²) in [6, 6.07) is -0.0489. The number of nitrogens with zero attached hydrogens (tertiary/aromatic N) is 1. The van der Waals surface area contributed by atoms with Crippen molar-refractivity contribution >= 4 is 10.0 Å². The molecule has 0 unspecified atom stereocenters. The fraction of sp³-hybridized carbons (Fsp3) is 1.00. The molecular weight excluding hydrogens is 264 g/mol. The summed E-state index contributed by atoms with van der Waals surface area (Å²) >= 11 is 0. The van der Waals surface area contributed by atoms with Crippen LogP contribution in [0.25, 0.3) is 0 Å². The predicted octanol–water partition coefficient (Wildman–Crippen LogP) is 1.21. The average Bonchev–Trinajstić information content (AvgIpc) is 2.55. The molecule has 0 saturated carbocycles. The Bertz CT molecular complexity index is 338. The van der Waals surface area contributed by atoms with E-state index in [-0.39, 0.29) is 17.9 Å². The van der Waals surface area contributed by atoms with Gasteiger partial charge in [0.15, 0.2) is 0 Å². The second-order valence-corrected chi connectivity index (χ2v) is 7.36. The van der Waals surface area contributed by atoms with Crippen LogP contribution in [0, 0.1) is 0 Å². The normalized spacial score (nSPS) is 21.8. The monoisotopic (exact) mass is 292 g/mol. The fourth-order valence-corrected chi connectivity index (χ4v) is 4.01. The van der Waals surface area contributed by atoms with Crippen molar-refractivity contribution in [1.82, 2.24) is 9.62 Å². The van der Waals surface area contributed by atoms with Crippen LogP contribution in [0.5, 0.6) is 0 Å². The van der Waals surface area contributed by atoms with Crippen LogP contribution in [0.2, 0.25) is 0 Å². The van der Waals surface area contributed by atoms with E-state index in [4.69, 9.17) is 4.74 Å². The van der Waals surface area contributed by atoms with E-state index < -0.39 is 10.0 Å². The highest BCUT2D eigenvalue weighted by molar-refractivity contribution is 7.89. The number of hydrogen-bond acceptors (Lipinski definition) is 4. The van der Waals surface area contributed by atoms with Crippen molar-refractivity contribution in [2.24, 2.45) is 0 Å². The van der Waals surface area contributed by atoms with Crippen LogP contribution in [0.1, 0.15) is 39.5 Å². The Kier molecular flexibility index (Phi) is 7.28. The number of ether oxygens (including phenoxy) is 1. The number of nitrogens with one attached hydrogen (secondary N) is 1. The number of hydrogen-bond donors (Lipinski definition) is 1. The maximum absolute atomic E-state index is 11.9. The van der Waals surface area contributed by atoms with Gasteiger partial charge in [0.1, 0.15) is 0 Å². The predicted molar refractivity (Wildman–Crippen MR) is 77.8 cm³/mol. The average molecular weight is 292 g/mol. The van der Waals surface area contributed by atoms with Gasteiger partial charge in [-0.25, -0.2) is 13.1 Å². The Morgan fingerprint density at radius 2 is 1.74 bits per heavy atom. The third-order valence-corrected chi connectivity index (χ3v) is 5.14. The Morgan fingerprint density at radius 1 is 1.16 bits per heavy atom. The molecular formula is C13H28N2O3S. The lowest BCUT2D eigenvalue weighted by molar-refractivity contribution is 0.136. The van der Waals surface area contributed by atoms with Crippen LogP contribution >= 0.6 is 0 Å². The van der Waals surface area contributed by atoms with Crippen LogP contribution in [0.3, 0.4) is 0 Å². The summed E-state index contributed by atoms with van der Waals surface area (Å²) in [6.45, 7) is 6.65. The van der Waals surface area contributed by atoms with Crippen molar-refractivity contribution in [3.63, 3.8) is 0 Å². The van der Waals surface area contributed by atoms with E-state index in [1.165, 1.54) is 32.8 Å². The van der Waals surface area contributed by atoms with Crippen LogP contribution in [0.4, 0.5) is 0 Å². The first-order chi connectivity index (χ1) is 8.93. The molecule has 1 heterocycles. The topological polar surface area (TPSA) is 58.6 Å². The van der Waals surface area contributed by atoms with Crippen LogP contribution in [0.15, 0.2) is 0 Å². The molecule has 0 radical (unpaired) electrons. The van der Waals surface area contributed by atoms with Crippen molar-refractivity contribution < 1.29 is 13.2 Å². The zero-order valence-electron chi connectivity index (χ0n) is 12.4. The number of rotatable bonds is 7. The molecule has 1 N–H and O–H groups in total. The highest BCUT2D eigenvalue weighted by Crippen LogP contribution is 2.10. The molecule has 0 aromatic rings. The molecule has 0 spiro atoms. The van der Waals surface area contributed by atoms with E-state index in [0.717, 1.165) is 19.6 Å². The summed E-state index contributed by atoms with van der Waals surface area (Å²) in [7, 11) is -1.73. The van der Waals surface area contributed by atoms with Gasteiger partial charge in [0, 0.05) is 19.7 Å². The maximum Gasteiger partial charge on any atom is 0.214 e. The number of methoxy groups -OCH3 is 1. The molecule has 1 fully saturated rings. The molecule has 5 nitrogen and oxygen atoms in total. The molecule has 0 bridgehead atoms. The van der Waals surface area contributed by atoms with E-state index >= 15 is 0 Å². The van der Waals surface area contributed by atoms with Crippen molar-refractivity contribution in [2.45, 2.75) is 51.7 Å². The van der Waals surface area contributed by atoms with E-state index in [2.05, 4.69) is 9.62 Å². The molecule has 0 aromatic heterocycles. The van der Waals surface area contributed by atoms with Crippen LogP contribution < -0.4 is 4.72 Å². The summed E-state index contributed by atoms with van der Waals surface area (Å²) in [5.74, 6) is 0.0217. The number of likely N-dealkylation sites (tertiary alicyclic amines) is 1. The lowest BCUT2D eigenvalue weighted by Crippen LogP contribution is -2.44. The molecule has 19 heavy (non-hydrogen) atoms. The van der Waals surface area contributed by atoms with Crippen molar-refractivity contribution in [3.8, 4) is 0 Å². The van der Waals surface area contributed by atoms with Crippen molar-refractivity contribution in [3.05, 3.63) is 0 Å². The zero-order chi connectivity index (χ0) is 14.3. The zero-order valence-corrected chi connectivity index (χ0v) is 13.2. The first kappa shape index (κ1) is 16.9. The smallest absolute Gasteiger partial charge is 0.214 e. The first-order valence-electron chi connectivity index (χ1n) is 7.18. The third kappa shape index (κ3) is 7.25. The van der Waals surface area contributed by atoms with Gasteiger partial charge in [-0.2, -0.15) is 0 Å². The summed E-state index contributed by atoms with van der Waals surface area (Å²) < 4.78 is 31.6. The minimum Gasteiger partial charge on any atom is -0.381 e. The molecule has 114 valence electrons. The van der Waals surface area contributed by atoms with Gasteiger partial charge in [0.25, 0.3) is 0 Å². The Hall–Kier alpha value is -0.170. The molecule has 0 aromatic carbocycles. The van der Waals surface area contributed by atoms with Crippen molar-refractivity contribution in [1.29, 1.82) is 0 Å². The standard InChI is InChI=1S/C13H28N2O3S/c1-12(10-15-8-6-4-5-7-9-15)14-19(16,17)11-13(2)18-3/h12-14H,4-11H2,1-3H3/t12-,13-/m1/s1. The number of sulfonamides is 1. The van der Waals surface area contributed by atoms with Crippen LogP contribution in [-0.2, 0) is 14.8 Å². The van der Waals surface area contributed by atoms with E-state index in [0.29, 0.717) is 0 Å². The second-order valence-electron chi connectivity index (χ2n) is 5.56. The third-order valence-electron chi connectivity index (χ3n) is 3.47. The van der Waals surface area contributed by atoms with Gasteiger partial charge in [0.2, 0.25) is 10.0 Å². The largest absolute Gasteiger partial charge is 0.381 e. The fourth-order valence-electron chi connectivity index (χ4n) is 2.47. The molecule has 0 amide bonds. The van der Waals surface area contributed by atoms with Gasteiger partial charge in [-0.1, -0.05) is 12.8 Å². The summed E-state index contributed by atoms with van der Waals surface area (Å²) in [4.78, 5) is 2.36. The molecule has 1 saturated heterocycles. The van der Waals surface area contributed by atoms with E-state index in [9.17, 15) is 8.42 Å². The summed E-state index contributed by atoms with van der Waals surface area (Å²) in [5, 5.41) is 0. The highest BCUT2D eigenvalue weighted by atomic mass is 32.2. The van der Waals surface area contributed by atoms with Gasteiger partial charge < -0.3 is 9.64 Å². The van der Waals surface area contributed by atoms with Gasteiger partial charge in [-0.15, -0.1) is 0 Å². The molecule has 0 aliphatic carbocycles. The molecule has 1 aliphatic rings. The first-order valence-corrected chi connectivity index (χ1v) is 8.83. The van der Waals surface area contributed by atoms with Gasteiger partial charge in [-0.3, -0.25) is 0 Å². The summed E-state index contributed by atoms with van der Waals surface area (Å²) in [5.41, 5.74) is 0. The Labute approximate surface area is 117 Å². The SMILES string of the molecule is CO[C@H](C)CS(=O)(=O)N[C@H](C)CN1CCCCCC1. The maximum atomic E-state index is 11.9. The molecule has 1 rings (SSSR count). The minimum absolute atomic E-state index is 0.0217. The lowest BCUT2D eigenvalue weighted by atomic mass is 10.2. The molecule has 2 atom stereocenters. The Balaban J connectivity index is 2.38. The lowest BCUT2D eigenvalue weighted by Gasteiger charge is -2.24. The summed E-state index contributed by atoms with van der Waals surface area (Å²) in [6.07, 6.45) is 4.76. The Morgan fingerprint density at radius 3 is 2.26 bits per heavy atom. The van der Waals surface area contributed by atoms with Gasteiger partial charge >= 0.3 is 0 Å². The second kappa shape index (κ2) is 8.19. The molecule has 1 aliphatic heterocycles. The van der Waals surface area contributed by atoms with E-state index in [1.807, 2.05) is 6.92 Å². The minimum atomic E-state index is -3.25. The van der Waals surface area contributed by atoms with E-state index in [1.54, 1.807) is 6.92 Å². The van der Waals surface area contributed by atoms with Crippen LogP contribution in [-0.4, -0.2) is 58.0 Å². The highest BCUT2D eigenvalue weighted by Gasteiger charge is 2.20. The van der Waals surface area contributed by atoms with Crippen molar-refractivity contribution in [2.75, 3.05) is 32.5 Å².